The van der Waals surface area contributed by atoms with Crippen molar-refractivity contribution in [2.75, 3.05) is 5.73 Å². The molecule has 0 atom stereocenters. The molecule has 0 aromatic heterocycles. The minimum Gasteiger partial charge on any atom is -0.399 e. The molecule has 13 heavy (non-hydrogen) atoms. The lowest BCUT2D eigenvalue weighted by Crippen LogP contribution is -1.98. The summed E-state index contributed by atoms with van der Waals surface area (Å²) in [6.45, 7) is 0. The normalized spacial score (nSPS) is 9.23. The maximum Gasteiger partial charge on any atom is 0.177 e. The number of carbonyl (C=O) groups excluding carboxylic acids is 1. The summed E-state index contributed by atoms with van der Waals surface area (Å²) in [6.07, 6.45) is -0.153. The van der Waals surface area contributed by atoms with Gasteiger partial charge in [-0.3, -0.25) is 4.79 Å². The van der Waals surface area contributed by atoms with E-state index in [9.17, 15) is 4.79 Å². The first-order valence-electron chi connectivity index (χ1n) is 3.59. The Morgan fingerprint density at radius 1 is 1.54 bits per heavy atom. The average Bonchev–Trinajstić information content (AvgIpc) is 2.03. The van der Waals surface area contributed by atoms with Gasteiger partial charge in [0.2, 0.25) is 0 Å². The van der Waals surface area contributed by atoms with E-state index in [1.807, 2.05) is 0 Å². The Balaban J connectivity index is 3.02. The molecule has 0 heterocycles. The lowest BCUT2D eigenvalue weighted by molar-refractivity contribution is 0.0998. The predicted molar refractivity (Wildman–Crippen MR) is 50.4 cm³/mol. The predicted octanol–water partition coefficient (Wildman–Crippen LogP) is 2.02. The number of rotatable bonds is 2. The molecule has 0 saturated carbocycles. The molecule has 0 radical (unpaired) electrons. The molecule has 0 unspecified atom stereocenters. The lowest BCUT2D eigenvalue weighted by atomic mass is 10.1. The SMILES string of the molecule is N#CCC(=O)c1cc(N)cc(Cl)c1. The third-order valence-corrected chi connectivity index (χ3v) is 1.70. The molecule has 1 rings (SSSR count). The Hall–Kier alpha value is -1.53. The smallest absolute Gasteiger partial charge is 0.177 e. The Labute approximate surface area is 80.7 Å². The van der Waals surface area contributed by atoms with E-state index in [0.29, 0.717) is 16.3 Å². The van der Waals surface area contributed by atoms with Crippen molar-refractivity contribution >= 4 is 23.1 Å². The summed E-state index contributed by atoms with van der Waals surface area (Å²) >= 11 is 5.68. The van der Waals surface area contributed by atoms with Gasteiger partial charge in [0.05, 0.1) is 12.5 Å². The zero-order chi connectivity index (χ0) is 9.84. The average molecular weight is 195 g/mol. The quantitative estimate of drug-likeness (QED) is 0.579. The Kier molecular flexibility index (Phi) is 2.88. The highest BCUT2D eigenvalue weighted by molar-refractivity contribution is 6.31. The van der Waals surface area contributed by atoms with E-state index in [-0.39, 0.29) is 12.2 Å². The maximum absolute atomic E-state index is 11.2. The molecule has 0 bridgehead atoms. The van der Waals surface area contributed by atoms with Gasteiger partial charge in [0.15, 0.2) is 5.78 Å². The maximum atomic E-state index is 11.2. The van der Waals surface area contributed by atoms with Crippen molar-refractivity contribution in [3.8, 4) is 6.07 Å². The van der Waals surface area contributed by atoms with Gasteiger partial charge in [-0.05, 0) is 18.2 Å². The van der Waals surface area contributed by atoms with Crippen molar-refractivity contribution in [3.05, 3.63) is 28.8 Å². The summed E-state index contributed by atoms with van der Waals surface area (Å²) < 4.78 is 0. The summed E-state index contributed by atoms with van der Waals surface area (Å²) in [7, 11) is 0. The Morgan fingerprint density at radius 2 is 2.23 bits per heavy atom. The second-order valence-corrected chi connectivity index (χ2v) is 2.97. The van der Waals surface area contributed by atoms with Crippen LogP contribution < -0.4 is 5.73 Å². The topological polar surface area (TPSA) is 66.9 Å². The molecule has 1 aromatic rings. The molecule has 0 aliphatic heterocycles. The van der Waals surface area contributed by atoms with E-state index in [1.54, 1.807) is 12.1 Å². The Bertz CT molecular complexity index is 361. The van der Waals surface area contributed by atoms with Crippen LogP contribution in [0.25, 0.3) is 0 Å². The zero-order valence-electron chi connectivity index (χ0n) is 6.75. The second kappa shape index (κ2) is 3.92. The number of hydrogen-bond donors (Lipinski definition) is 1. The van der Waals surface area contributed by atoms with Crippen molar-refractivity contribution in [2.45, 2.75) is 6.42 Å². The van der Waals surface area contributed by atoms with E-state index >= 15 is 0 Å². The fourth-order valence-electron chi connectivity index (χ4n) is 0.947. The summed E-state index contributed by atoms with van der Waals surface area (Å²) in [5, 5.41) is 8.71. The number of nitriles is 1. The number of nitrogens with zero attached hydrogens (tertiary/aromatic N) is 1. The van der Waals surface area contributed by atoms with Gasteiger partial charge in [-0.2, -0.15) is 5.26 Å². The van der Waals surface area contributed by atoms with Crippen molar-refractivity contribution in [2.24, 2.45) is 0 Å². The number of hydrogen-bond acceptors (Lipinski definition) is 3. The number of Topliss-reactive ketones (excluding diaryl/α,β-unsaturated/α-hetero) is 1. The number of carbonyl (C=O) groups is 1. The van der Waals surface area contributed by atoms with Crippen LogP contribution in [0.2, 0.25) is 5.02 Å². The van der Waals surface area contributed by atoms with Crippen LogP contribution in [0.4, 0.5) is 5.69 Å². The first kappa shape index (κ1) is 9.56. The van der Waals surface area contributed by atoms with Gasteiger partial charge in [-0.25, -0.2) is 0 Å². The highest BCUT2D eigenvalue weighted by atomic mass is 35.5. The molecule has 66 valence electrons. The molecule has 1 aromatic carbocycles. The van der Waals surface area contributed by atoms with Crippen LogP contribution in [-0.4, -0.2) is 5.78 Å². The number of nitrogens with two attached hydrogens (primary N) is 1. The fourth-order valence-corrected chi connectivity index (χ4v) is 1.19. The van der Waals surface area contributed by atoms with Crippen molar-refractivity contribution in [1.29, 1.82) is 5.26 Å². The molecular formula is C9H7ClN2O. The largest absolute Gasteiger partial charge is 0.399 e. The number of anilines is 1. The van der Waals surface area contributed by atoms with E-state index in [0.717, 1.165) is 0 Å². The molecule has 0 aliphatic carbocycles. The van der Waals surface area contributed by atoms with Crippen LogP contribution in [-0.2, 0) is 0 Å². The molecule has 0 amide bonds. The highest BCUT2D eigenvalue weighted by Crippen LogP contribution is 2.17. The van der Waals surface area contributed by atoms with Gasteiger partial charge >= 0.3 is 0 Å². The summed E-state index contributed by atoms with van der Waals surface area (Å²) in [4.78, 5) is 11.2. The van der Waals surface area contributed by atoms with Crippen LogP contribution >= 0.6 is 11.6 Å². The third-order valence-electron chi connectivity index (χ3n) is 1.48. The number of halogens is 1. The molecule has 0 aliphatic rings. The number of ketones is 1. The van der Waals surface area contributed by atoms with Crippen molar-refractivity contribution in [1.82, 2.24) is 0 Å². The first-order valence-corrected chi connectivity index (χ1v) is 3.97. The first-order chi connectivity index (χ1) is 6.13. The van der Waals surface area contributed by atoms with E-state index in [4.69, 9.17) is 22.6 Å². The van der Waals surface area contributed by atoms with Gasteiger partial charge in [0, 0.05) is 16.3 Å². The van der Waals surface area contributed by atoms with E-state index in [2.05, 4.69) is 0 Å². The monoisotopic (exact) mass is 194 g/mol. The van der Waals surface area contributed by atoms with Crippen LogP contribution in [0.5, 0.6) is 0 Å². The zero-order valence-corrected chi connectivity index (χ0v) is 7.51. The molecule has 2 N–H and O–H groups in total. The van der Waals surface area contributed by atoms with Gasteiger partial charge in [-0.1, -0.05) is 11.6 Å². The second-order valence-electron chi connectivity index (χ2n) is 2.53. The summed E-state index contributed by atoms with van der Waals surface area (Å²) in [5.74, 6) is -0.267. The molecular weight excluding hydrogens is 188 g/mol. The minimum absolute atomic E-state index is 0.153. The van der Waals surface area contributed by atoms with Crippen LogP contribution in [0.1, 0.15) is 16.8 Å². The third kappa shape index (κ3) is 2.46. The highest BCUT2D eigenvalue weighted by Gasteiger charge is 2.06. The van der Waals surface area contributed by atoms with Crippen LogP contribution in [0.3, 0.4) is 0 Å². The van der Waals surface area contributed by atoms with Crippen LogP contribution in [0, 0.1) is 11.3 Å². The van der Waals surface area contributed by atoms with E-state index < -0.39 is 0 Å². The molecule has 0 saturated heterocycles. The molecule has 3 nitrogen and oxygen atoms in total. The van der Waals surface area contributed by atoms with Crippen molar-refractivity contribution in [3.63, 3.8) is 0 Å². The van der Waals surface area contributed by atoms with Gasteiger partial charge in [0.25, 0.3) is 0 Å². The minimum atomic E-state index is -0.267. The van der Waals surface area contributed by atoms with Gasteiger partial charge < -0.3 is 5.73 Å². The Morgan fingerprint density at radius 3 is 2.77 bits per heavy atom. The van der Waals surface area contributed by atoms with E-state index in [1.165, 1.54) is 12.1 Å². The standard InChI is InChI=1S/C9H7ClN2O/c10-7-3-6(4-8(12)5-7)9(13)1-2-11/h3-5H,1,12H2. The lowest BCUT2D eigenvalue weighted by Gasteiger charge is -1.99. The van der Waals surface area contributed by atoms with Gasteiger partial charge in [0.1, 0.15) is 0 Å². The number of benzene rings is 1. The van der Waals surface area contributed by atoms with Crippen molar-refractivity contribution < 1.29 is 4.79 Å². The fraction of sp³-hybridized carbons (Fsp3) is 0.111. The van der Waals surface area contributed by atoms with Crippen LogP contribution in [0.15, 0.2) is 18.2 Å². The molecule has 0 fully saturated rings. The summed E-state index contributed by atoms with van der Waals surface area (Å²) in [5.41, 5.74) is 6.28. The molecule has 0 spiro atoms. The molecule has 4 heteroatoms. The van der Waals surface area contributed by atoms with Gasteiger partial charge in [-0.15, -0.1) is 0 Å². The summed E-state index contributed by atoms with van der Waals surface area (Å²) in [6, 6.07) is 6.32. The number of nitrogen functional groups attached to an aromatic ring is 1.